The Morgan fingerprint density at radius 3 is 2.23 bits per heavy atom. The van der Waals surface area contributed by atoms with Gasteiger partial charge in [-0.3, -0.25) is 29.4 Å². The number of aromatic nitrogens is 3. The zero-order valence-corrected chi connectivity index (χ0v) is 44.5. The van der Waals surface area contributed by atoms with Crippen LogP contribution in [0.1, 0.15) is 62.7 Å². The van der Waals surface area contributed by atoms with Gasteiger partial charge in [0.05, 0.1) is 55.0 Å². The summed E-state index contributed by atoms with van der Waals surface area (Å²) in [4.78, 5) is 80.5. The molecular formula is C63H53N7O12. The molecule has 0 saturated carbocycles. The van der Waals surface area contributed by atoms with E-state index in [1.54, 1.807) is 59.2 Å². The van der Waals surface area contributed by atoms with Crippen molar-refractivity contribution in [2.45, 2.75) is 55.8 Å². The lowest BCUT2D eigenvalue weighted by Gasteiger charge is -2.46. The summed E-state index contributed by atoms with van der Waals surface area (Å²) in [6.07, 6.45) is -1.76. The number of ether oxygens (including phenoxy) is 5. The summed E-state index contributed by atoms with van der Waals surface area (Å²) in [6.45, 7) is -0.602. The number of benzene rings is 7. The highest BCUT2D eigenvalue weighted by Gasteiger charge is 2.76. The average Bonchev–Trinajstić information content (AvgIpc) is 1.69. The molecule has 2 saturated heterocycles. The van der Waals surface area contributed by atoms with E-state index in [2.05, 4.69) is 22.2 Å². The lowest BCUT2D eigenvalue weighted by atomic mass is 9.64. The van der Waals surface area contributed by atoms with Gasteiger partial charge in [-0.2, -0.15) is 0 Å². The lowest BCUT2D eigenvalue weighted by molar-refractivity contribution is -0.384. The SMILES string of the molecule is COc1cc2c(cc1OC)CN(C(=O)[C@@H]1[C@H]3C(=O)O[C@H](c4ccccc4)[C@H](c4ccccc4)N3[C@H](c3ccccc3OCCO)[C@@]13C(=O)N(C(=O)OCc1ccc([N+](=O)[O-])cc1)c1ccc(C#CCn4nnc5ccccc54)cc13)CC2. The molecule has 12 rings (SSSR count). The zero-order chi connectivity index (χ0) is 56.6. The molecule has 0 radical (unpaired) electrons. The number of aliphatic hydroxyl groups excluding tert-OH is 1. The van der Waals surface area contributed by atoms with E-state index in [1.165, 1.54) is 31.4 Å². The van der Waals surface area contributed by atoms with Gasteiger partial charge in [0.25, 0.3) is 5.69 Å². The van der Waals surface area contributed by atoms with Crippen LogP contribution in [0.4, 0.5) is 16.2 Å². The quantitative estimate of drug-likeness (QED) is 0.0496. The Morgan fingerprint density at radius 1 is 0.805 bits per heavy atom. The molecule has 4 aliphatic rings. The number of cyclic esters (lactones) is 1. The van der Waals surface area contributed by atoms with Crippen LogP contribution in [0.3, 0.4) is 0 Å². The van der Waals surface area contributed by atoms with Crippen LogP contribution in [-0.4, -0.2) is 98.7 Å². The Bertz CT molecular complexity index is 3870. The number of esters is 1. The van der Waals surface area contributed by atoms with E-state index < -0.39 is 71.0 Å². The first kappa shape index (κ1) is 52.8. The number of methoxy groups -OCH3 is 2. The minimum absolute atomic E-state index is 0.0447. The molecule has 0 bridgehead atoms. The third-order valence-corrected chi connectivity index (χ3v) is 15.9. The number of nitro groups is 1. The van der Waals surface area contributed by atoms with E-state index in [4.69, 9.17) is 23.7 Å². The van der Waals surface area contributed by atoms with Crippen molar-refractivity contribution < 1.29 is 52.9 Å². The molecule has 19 nitrogen and oxygen atoms in total. The third-order valence-electron chi connectivity index (χ3n) is 15.9. The Kier molecular flexibility index (Phi) is 14.1. The molecule has 5 heterocycles. The normalized spacial score (nSPS) is 20.7. The number of fused-ring (bicyclic) bond motifs is 5. The van der Waals surface area contributed by atoms with Crippen LogP contribution in [0.25, 0.3) is 11.0 Å². The van der Waals surface area contributed by atoms with Crippen molar-refractivity contribution in [3.63, 3.8) is 0 Å². The summed E-state index contributed by atoms with van der Waals surface area (Å²) in [5.41, 5.74) is 3.46. The average molecular weight is 1100 g/mol. The Balaban J connectivity index is 1.11. The van der Waals surface area contributed by atoms with Crippen LogP contribution in [0.5, 0.6) is 17.2 Å². The van der Waals surface area contributed by atoms with Gasteiger partial charge < -0.3 is 33.7 Å². The summed E-state index contributed by atoms with van der Waals surface area (Å²) in [5.74, 6) is 3.78. The summed E-state index contributed by atoms with van der Waals surface area (Å²) >= 11 is 0. The molecule has 0 unspecified atom stereocenters. The third kappa shape index (κ3) is 9.07. The van der Waals surface area contributed by atoms with Gasteiger partial charge in [0.1, 0.15) is 48.6 Å². The molecule has 1 aromatic heterocycles. The molecule has 3 amide bonds. The molecule has 82 heavy (non-hydrogen) atoms. The molecule has 412 valence electrons. The Morgan fingerprint density at radius 2 is 1.50 bits per heavy atom. The van der Waals surface area contributed by atoms with Crippen molar-refractivity contribution in [3.05, 3.63) is 218 Å². The predicted octanol–water partition coefficient (Wildman–Crippen LogP) is 8.37. The predicted molar refractivity (Wildman–Crippen MR) is 297 cm³/mol. The highest BCUT2D eigenvalue weighted by molar-refractivity contribution is 6.23. The molecule has 8 aromatic rings. The van der Waals surface area contributed by atoms with Crippen LogP contribution < -0.4 is 19.1 Å². The standard InChI is InChI=1S/C63H53N7O12/c1-78-52-35-43-29-31-66(37-44(43)36-53(52)79-2)59(72)54-56-60(73)82-57(42-17-7-4-8-18-42)55(41-15-5-3-6-16-41)69(56)58(46-19-9-12-22-51(46)80-33-32-71)63(54)47-34-39(14-13-30-67-50-21-11-10-20-48(50)64-65-67)25-28-49(47)68(61(63)74)62(75)81-38-40-23-26-45(27-24-40)70(76)77/h3-12,15-28,34-36,54-58,71H,29-33,37-38H2,1-2H3/t54-,55-,56-,57+,58+,63-/m0/s1. The van der Waals surface area contributed by atoms with Crippen LogP contribution >= 0.6 is 0 Å². The largest absolute Gasteiger partial charge is 0.493 e. The number of imide groups is 1. The number of hydrogen-bond donors (Lipinski definition) is 1. The van der Waals surface area contributed by atoms with Crippen LogP contribution in [0, 0.1) is 27.9 Å². The van der Waals surface area contributed by atoms with Crippen LogP contribution in [-0.2, 0) is 55.4 Å². The molecule has 6 atom stereocenters. The van der Waals surface area contributed by atoms with Gasteiger partial charge >= 0.3 is 12.1 Å². The topological polar surface area (TPSA) is 218 Å². The number of aliphatic hydroxyl groups is 1. The van der Waals surface area contributed by atoms with Gasteiger partial charge in [0, 0.05) is 36.3 Å². The first-order valence-corrected chi connectivity index (χ1v) is 26.6. The fraction of sp³-hybridized carbons (Fsp3) is 0.238. The van der Waals surface area contributed by atoms with E-state index >= 15 is 19.2 Å². The monoisotopic (exact) mass is 1100 g/mol. The van der Waals surface area contributed by atoms with Gasteiger partial charge in [0.2, 0.25) is 11.8 Å². The first-order chi connectivity index (χ1) is 40.0. The van der Waals surface area contributed by atoms with Crippen molar-refractivity contribution in [2.75, 3.05) is 38.9 Å². The molecule has 0 aliphatic carbocycles. The number of nitro benzene ring substituents is 1. The maximum atomic E-state index is 17.1. The molecule has 1 N–H and O–H groups in total. The summed E-state index contributed by atoms with van der Waals surface area (Å²) < 4.78 is 32.2. The number of amides is 3. The van der Waals surface area contributed by atoms with E-state index in [0.29, 0.717) is 51.3 Å². The lowest BCUT2D eigenvalue weighted by Crippen LogP contribution is -2.57. The van der Waals surface area contributed by atoms with Crippen LogP contribution in [0.2, 0.25) is 0 Å². The van der Waals surface area contributed by atoms with Gasteiger partial charge in [-0.05, 0) is 100 Å². The van der Waals surface area contributed by atoms with Crippen LogP contribution in [0.15, 0.2) is 164 Å². The minimum Gasteiger partial charge on any atom is -0.493 e. The molecule has 1 spiro atoms. The number of non-ortho nitro benzene ring substituents is 1. The van der Waals surface area contributed by atoms with E-state index in [-0.39, 0.29) is 55.5 Å². The highest BCUT2D eigenvalue weighted by atomic mass is 16.6. The number of anilines is 1. The number of rotatable bonds is 13. The van der Waals surface area contributed by atoms with Gasteiger partial charge in [-0.25, -0.2) is 14.4 Å². The maximum Gasteiger partial charge on any atom is 0.421 e. The Hall–Kier alpha value is -9.90. The number of hydrogen-bond acceptors (Lipinski definition) is 15. The van der Waals surface area contributed by atoms with Crippen molar-refractivity contribution >= 4 is 46.3 Å². The maximum absolute atomic E-state index is 17.1. The molecule has 2 fully saturated rings. The van der Waals surface area contributed by atoms with E-state index in [1.807, 2.05) is 102 Å². The van der Waals surface area contributed by atoms with Gasteiger partial charge in [-0.15, -0.1) is 5.10 Å². The second-order valence-electron chi connectivity index (χ2n) is 20.2. The zero-order valence-electron chi connectivity index (χ0n) is 44.5. The first-order valence-electron chi connectivity index (χ1n) is 26.6. The van der Waals surface area contributed by atoms with Crippen molar-refractivity contribution in [2.24, 2.45) is 5.92 Å². The fourth-order valence-electron chi connectivity index (χ4n) is 12.4. The van der Waals surface area contributed by atoms with E-state index in [0.717, 1.165) is 21.5 Å². The van der Waals surface area contributed by atoms with Gasteiger partial charge in [-0.1, -0.05) is 108 Å². The second-order valence-corrected chi connectivity index (χ2v) is 20.2. The molecular weight excluding hydrogens is 1050 g/mol. The van der Waals surface area contributed by atoms with Gasteiger partial charge in [0.15, 0.2) is 11.5 Å². The smallest absolute Gasteiger partial charge is 0.421 e. The van der Waals surface area contributed by atoms with Crippen molar-refractivity contribution in [3.8, 4) is 29.1 Å². The summed E-state index contributed by atoms with van der Waals surface area (Å²) in [7, 11) is 3.07. The van der Waals surface area contributed by atoms with Crippen molar-refractivity contribution in [1.29, 1.82) is 0 Å². The van der Waals surface area contributed by atoms with E-state index in [9.17, 15) is 15.2 Å². The second kappa shape index (κ2) is 22.0. The number of morpholine rings is 1. The van der Waals surface area contributed by atoms with Crippen molar-refractivity contribution in [1.82, 2.24) is 24.8 Å². The Labute approximate surface area is 470 Å². The number of para-hydroxylation sites is 2. The fourth-order valence-corrected chi connectivity index (χ4v) is 12.4. The number of carbonyl (C=O) groups is 4. The summed E-state index contributed by atoms with van der Waals surface area (Å²) in [5, 5.41) is 30.5. The number of nitrogens with zero attached hydrogens (tertiary/aromatic N) is 7. The molecule has 4 aliphatic heterocycles. The molecule has 19 heteroatoms. The minimum atomic E-state index is -2.22. The number of carbonyl (C=O) groups excluding carboxylic acids is 4. The highest BCUT2D eigenvalue weighted by Crippen LogP contribution is 2.67. The summed E-state index contributed by atoms with van der Waals surface area (Å²) in [6, 6.07) is 43.5. The molecule has 7 aromatic carbocycles.